The largest absolute Gasteiger partial charge is 0.330 e. The maximum atomic E-state index is 6.21. The van der Waals surface area contributed by atoms with Crippen molar-refractivity contribution in [2.75, 3.05) is 6.54 Å². The number of hydrogen-bond donors (Lipinski definition) is 1. The van der Waals surface area contributed by atoms with Gasteiger partial charge in [-0.15, -0.1) is 0 Å². The van der Waals surface area contributed by atoms with Gasteiger partial charge in [-0.1, -0.05) is 59.6 Å². The summed E-state index contributed by atoms with van der Waals surface area (Å²) in [7, 11) is 0. The number of hydrogen-bond acceptors (Lipinski definition) is 1. The van der Waals surface area contributed by atoms with Crippen LogP contribution in [0.1, 0.15) is 11.1 Å². The van der Waals surface area contributed by atoms with Crippen LogP contribution in [0.5, 0.6) is 0 Å². The van der Waals surface area contributed by atoms with Gasteiger partial charge in [0.2, 0.25) is 0 Å². The Kier molecular flexibility index (Phi) is 5.26. The van der Waals surface area contributed by atoms with Crippen molar-refractivity contribution in [3.63, 3.8) is 0 Å². The molecule has 1 nitrogen and oxygen atoms in total. The molecule has 0 saturated carbocycles. The zero-order valence-corrected chi connectivity index (χ0v) is 12.2. The van der Waals surface area contributed by atoms with E-state index >= 15 is 0 Å². The average Bonchev–Trinajstić information content (AvgIpc) is 2.42. The fraction of sp³-hybridized carbons (Fsp3) is 0.250. The molecular weight excluding hydrogens is 277 g/mol. The first-order valence-electron chi connectivity index (χ1n) is 6.37. The van der Waals surface area contributed by atoms with Crippen molar-refractivity contribution in [1.29, 1.82) is 0 Å². The lowest BCUT2D eigenvalue weighted by Gasteiger charge is -2.16. The minimum atomic E-state index is 0.390. The van der Waals surface area contributed by atoms with Crippen molar-refractivity contribution >= 4 is 23.2 Å². The van der Waals surface area contributed by atoms with Crippen LogP contribution in [0, 0.1) is 5.92 Å². The monoisotopic (exact) mass is 293 g/mol. The molecule has 2 N–H and O–H groups in total. The van der Waals surface area contributed by atoms with Gasteiger partial charge in [-0.05, 0) is 48.6 Å². The fourth-order valence-electron chi connectivity index (χ4n) is 2.18. The lowest BCUT2D eigenvalue weighted by molar-refractivity contribution is 0.533. The van der Waals surface area contributed by atoms with Crippen LogP contribution in [0.4, 0.5) is 0 Å². The van der Waals surface area contributed by atoms with Gasteiger partial charge in [0, 0.05) is 10.0 Å². The SMILES string of the molecule is NCC(Cc1ccccc1)Cc1ccc(Cl)cc1Cl. The fourth-order valence-corrected chi connectivity index (χ4v) is 2.67. The molecule has 1 unspecified atom stereocenters. The van der Waals surface area contributed by atoms with Crippen molar-refractivity contribution < 1.29 is 0 Å². The quantitative estimate of drug-likeness (QED) is 0.871. The Morgan fingerprint density at radius 1 is 0.947 bits per heavy atom. The van der Waals surface area contributed by atoms with Crippen LogP contribution in [0.15, 0.2) is 48.5 Å². The molecule has 0 aliphatic heterocycles. The Labute approximate surface area is 124 Å². The molecule has 0 aromatic heterocycles. The standard InChI is InChI=1S/C16H17Cl2N/c17-15-7-6-14(16(18)10-15)9-13(11-19)8-12-4-2-1-3-5-12/h1-7,10,13H,8-9,11,19H2. The third-order valence-corrected chi connectivity index (χ3v) is 3.81. The maximum absolute atomic E-state index is 6.21. The highest BCUT2D eigenvalue weighted by Gasteiger charge is 2.11. The molecule has 100 valence electrons. The summed E-state index contributed by atoms with van der Waals surface area (Å²) in [5.74, 6) is 0.390. The Morgan fingerprint density at radius 2 is 1.68 bits per heavy atom. The maximum Gasteiger partial charge on any atom is 0.0452 e. The van der Waals surface area contributed by atoms with Gasteiger partial charge in [0.05, 0.1) is 0 Å². The second-order valence-electron chi connectivity index (χ2n) is 4.73. The highest BCUT2D eigenvalue weighted by atomic mass is 35.5. The predicted octanol–water partition coefficient (Wildman–Crippen LogP) is 4.35. The van der Waals surface area contributed by atoms with Gasteiger partial charge >= 0.3 is 0 Å². The van der Waals surface area contributed by atoms with Gasteiger partial charge < -0.3 is 5.73 Å². The second kappa shape index (κ2) is 6.95. The molecule has 0 heterocycles. The lowest BCUT2D eigenvalue weighted by Crippen LogP contribution is -2.19. The number of halogens is 2. The highest BCUT2D eigenvalue weighted by molar-refractivity contribution is 6.35. The smallest absolute Gasteiger partial charge is 0.0452 e. The topological polar surface area (TPSA) is 26.0 Å². The summed E-state index contributed by atoms with van der Waals surface area (Å²) < 4.78 is 0. The van der Waals surface area contributed by atoms with E-state index in [4.69, 9.17) is 28.9 Å². The molecule has 0 amide bonds. The Morgan fingerprint density at radius 3 is 2.32 bits per heavy atom. The van der Waals surface area contributed by atoms with Crippen molar-refractivity contribution in [3.05, 3.63) is 69.7 Å². The molecule has 3 heteroatoms. The molecule has 0 aliphatic carbocycles. The van der Waals surface area contributed by atoms with E-state index in [2.05, 4.69) is 24.3 Å². The Balaban J connectivity index is 2.06. The molecule has 0 spiro atoms. The molecule has 2 aromatic carbocycles. The zero-order chi connectivity index (χ0) is 13.7. The average molecular weight is 294 g/mol. The Bertz CT molecular complexity index is 526. The van der Waals surface area contributed by atoms with Crippen LogP contribution in [-0.4, -0.2) is 6.54 Å². The van der Waals surface area contributed by atoms with Crippen LogP contribution in [-0.2, 0) is 12.8 Å². The first-order valence-corrected chi connectivity index (χ1v) is 7.12. The third kappa shape index (κ3) is 4.24. The molecule has 2 rings (SSSR count). The van der Waals surface area contributed by atoms with E-state index in [-0.39, 0.29) is 0 Å². The predicted molar refractivity (Wildman–Crippen MR) is 82.9 cm³/mol. The van der Waals surface area contributed by atoms with Gasteiger partial charge in [0.15, 0.2) is 0 Å². The summed E-state index contributed by atoms with van der Waals surface area (Å²) >= 11 is 12.1. The summed E-state index contributed by atoms with van der Waals surface area (Å²) in [6.07, 6.45) is 1.84. The molecule has 0 fully saturated rings. The first-order chi connectivity index (χ1) is 9.19. The molecule has 0 saturated heterocycles. The molecule has 19 heavy (non-hydrogen) atoms. The van der Waals surface area contributed by atoms with E-state index in [1.54, 1.807) is 6.07 Å². The summed E-state index contributed by atoms with van der Waals surface area (Å²) in [6.45, 7) is 0.647. The minimum Gasteiger partial charge on any atom is -0.330 e. The molecule has 0 bridgehead atoms. The highest BCUT2D eigenvalue weighted by Crippen LogP contribution is 2.24. The van der Waals surface area contributed by atoms with E-state index in [0.29, 0.717) is 17.5 Å². The van der Waals surface area contributed by atoms with E-state index in [0.717, 1.165) is 23.4 Å². The zero-order valence-electron chi connectivity index (χ0n) is 10.7. The van der Waals surface area contributed by atoms with E-state index in [1.165, 1.54) is 5.56 Å². The molecular formula is C16H17Cl2N. The van der Waals surface area contributed by atoms with E-state index in [1.807, 2.05) is 18.2 Å². The normalized spacial score (nSPS) is 12.4. The van der Waals surface area contributed by atoms with Gasteiger partial charge in [0.1, 0.15) is 0 Å². The third-order valence-electron chi connectivity index (χ3n) is 3.22. The summed E-state index contributed by atoms with van der Waals surface area (Å²) in [5.41, 5.74) is 8.30. The summed E-state index contributed by atoms with van der Waals surface area (Å²) in [6, 6.07) is 16.0. The molecule has 1 atom stereocenters. The van der Waals surface area contributed by atoms with Gasteiger partial charge in [-0.3, -0.25) is 0 Å². The van der Waals surface area contributed by atoms with Gasteiger partial charge in [-0.25, -0.2) is 0 Å². The van der Waals surface area contributed by atoms with Crippen LogP contribution in [0.2, 0.25) is 10.0 Å². The Hall–Kier alpha value is -1.02. The van der Waals surface area contributed by atoms with Crippen molar-refractivity contribution in [2.45, 2.75) is 12.8 Å². The summed E-state index contributed by atoms with van der Waals surface area (Å²) in [4.78, 5) is 0. The van der Waals surface area contributed by atoms with E-state index < -0.39 is 0 Å². The van der Waals surface area contributed by atoms with Gasteiger partial charge in [-0.2, -0.15) is 0 Å². The summed E-state index contributed by atoms with van der Waals surface area (Å²) in [5, 5.41) is 1.39. The van der Waals surface area contributed by atoms with Gasteiger partial charge in [0.25, 0.3) is 0 Å². The number of rotatable bonds is 5. The molecule has 2 aromatic rings. The number of nitrogens with two attached hydrogens (primary N) is 1. The second-order valence-corrected chi connectivity index (χ2v) is 5.57. The van der Waals surface area contributed by atoms with Crippen LogP contribution in [0.25, 0.3) is 0 Å². The lowest BCUT2D eigenvalue weighted by atomic mass is 9.92. The van der Waals surface area contributed by atoms with Crippen LogP contribution in [0.3, 0.4) is 0 Å². The molecule has 0 radical (unpaired) electrons. The first kappa shape index (κ1) is 14.4. The van der Waals surface area contributed by atoms with E-state index in [9.17, 15) is 0 Å². The molecule has 0 aliphatic rings. The number of benzene rings is 2. The van der Waals surface area contributed by atoms with Crippen molar-refractivity contribution in [1.82, 2.24) is 0 Å². The minimum absolute atomic E-state index is 0.390. The van der Waals surface area contributed by atoms with Crippen molar-refractivity contribution in [2.24, 2.45) is 11.7 Å². The van der Waals surface area contributed by atoms with Crippen LogP contribution < -0.4 is 5.73 Å². The van der Waals surface area contributed by atoms with Crippen molar-refractivity contribution in [3.8, 4) is 0 Å². The van der Waals surface area contributed by atoms with Crippen LogP contribution >= 0.6 is 23.2 Å².